The lowest BCUT2D eigenvalue weighted by Crippen LogP contribution is -2.64. The third kappa shape index (κ3) is 3.67. The molecule has 0 radical (unpaired) electrons. The highest BCUT2D eigenvalue weighted by molar-refractivity contribution is 6.05. The number of urea groups is 1. The van der Waals surface area contributed by atoms with Gasteiger partial charge in [0, 0.05) is 33.2 Å². The van der Waals surface area contributed by atoms with Crippen molar-refractivity contribution in [2.45, 2.75) is 12.2 Å². The van der Waals surface area contributed by atoms with Crippen molar-refractivity contribution in [1.29, 1.82) is 0 Å². The maximum Gasteiger partial charge on any atom is 0.325 e. The topological polar surface area (TPSA) is 115 Å². The molecule has 2 saturated heterocycles. The number of amides is 4. The molecule has 160 valence electrons. The van der Waals surface area contributed by atoms with Gasteiger partial charge < -0.3 is 20.4 Å². The van der Waals surface area contributed by atoms with E-state index in [0.29, 0.717) is 44.2 Å². The van der Waals surface area contributed by atoms with E-state index in [1.807, 2.05) is 11.0 Å². The zero-order valence-corrected chi connectivity index (χ0v) is 16.6. The molecule has 0 aromatic heterocycles. The fourth-order valence-corrected chi connectivity index (χ4v) is 4.13. The third-order valence-corrected chi connectivity index (χ3v) is 5.70. The van der Waals surface area contributed by atoms with Crippen LogP contribution >= 0.6 is 0 Å². The summed E-state index contributed by atoms with van der Waals surface area (Å²) in [5, 5.41) is 2.28. The van der Waals surface area contributed by atoms with E-state index in [9.17, 15) is 18.8 Å². The summed E-state index contributed by atoms with van der Waals surface area (Å²) in [5.74, 6) is -0.783. The van der Waals surface area contributed by atoms with E-state index in [1.165, 1.54) is 11.0 Å². The van der Waals surface area contributed by atoms with Gasteiger partial charge in [0.1, 0.15) is 11.7 Å². The van der Waals surface area contributed by atoms with Crippen LogP contribution in [0, 0.1) is 5.82 Å². The Labute approximate surface area is 173 Å². The number of fused-ring (bicyclic) bond motifs is 1. The molecule has 10 nitrogen and oxygen atoms in total. The molecule has 3 aliphatic rings. The van der Waals surface area contributed by atoms with E-state index >= 15 is 0 Å². The summed E-state index contributed by atoms with van der Waals surface area (Å²) < 4.78 is 14.1. The van der Waals surface area contributed by atoms with Crippen LogP contribution in [0.25, 0.3) is 0 Å². The summed E-state index contributed by atoms with van der Waals surface area (Å²) in [6, 6.07) is 5.37. The molecule has 2 fully saturated rings. The van der Waals surface area contributed by atoms with Gasteiger partial charge in [0.25, 0.3) is 5.91 Å². The first-order valence-electron chi connectivity index (χ1n) is 9.76. The number of piperazine rings is 1. The van der Waals surface area contributed by atoms with Crippen LogP contribution in [0.5, 0.6) is 0 Å². The first kappa shape index (κ1) is 20.1. The molecular weight excluding hydrogens is 393 g/mol. The van der Waals surface area contributed by atoms with Gasteiger partial charge >= 0.3 is 6.03 Å². The minimum absolute atomic E-state index is 0.162. The average molecular weight is 417 g/mol. The number of rotatable bonds is 5. The van der Waals surface area contributed by atoms with Crippen LogP contribution < -0.4 is 16.0 Å². The lowest BCUT2D eigenvalue weighted by atomic mass is 10.1. The molecule has 2 unspecified atom stereocenters. The van der Waals surface area contributed by atoms with Gasteiger partial charge in [-0.05, 0) is 12.1 Å². The van der Waals surface area contributed by atoms with Crippen molar-refractivity contribution >= 4 is 29.4 Å². The first-order chi connectivity index (χ1) is 14.3. The van der Waals surface area contributed by atoms with Gasteiger partial charge in [-0.15, -0.1) is 0 Å². The maximum atomic E-state index is 14.1. The van der Waals surface area contributed by atoms with Crippen LogP contribution in [0.1, 0.15) is 0 Å². The highest BCUT2D eigenvalue weighted by Gasteiger charge is 2.48. The first-order valence-corrected chi connectivity index (χ1v) is 9.76. The van der Waals surface area contributed by atoms with Crippen molar-refractivity contribution in [1.82, 2.24) is 20.0 Å². The molecule has 1 aromatic rings. The fourth-order valence-electron chi connectivity index (χ4n) is 4.13. The molecule has 4 rings (SSSR count). The quantitative estimate of drug-likeness (QED) is 0.637. The summed E-state index contributed by atoms with van der Waals surface area (Å²) >= 11 is 0. The van der Waals surface area contributed by atoms with Gasteiger partial charge in [0.05, 0.1) is 18.8 Å². The summed E-state index contributed by atoms with van der Waals surface area (Å²) in [4.78, 5) is 47.6. The molecule has 3 N–H and O–H groups in total. The van der Waals surface area contributed by atoms with Crippen LogP contribution in [-0.2, 0) is 9.59 Å². The molecule has 11 heteroatoms. The number of hydrogen-bond acceptors (Lipinski definition) is 7. The van der Waals surface area contributed by atoms with Crippen LogP contribution in [0.15, 0.2) is 29.3 Å². The second kappa shape index (κ2) is 7.90. The number of nitrogens with zero attached hydrogens (tertiary/aromatic N) is 5. The van der Waals surface area contributed by atoms with E-state index in [0.717, 1.165) is 0 Å². The lowest BCUT2D eigenvalue weighted by molar-refractivity contribution is -0.128. The third-order valence-electron chi connectivity index (χ3n) is 5.70. The smallest absolute Gasteiger partial charge is 0.325 e. The Kier molecular flexibility index (Phi) is 5.29. The molecule has 0 spiro atoms. The Bertz CT molecular complexity index is 900. The molecule has 0 aliphatic carbocycles. The van der Waals surface area contributed by atoms with Crippen LogP contribution in [0.4, 0.5) is 14.9 Å². The fraction of sp³-hybridized carbons (Fsp3) is 0.474. The number of amidine groups is 1. The predicted molar refractivity (Wildman–Crippen MR) is 107 cm³/mol. The molecule has 0 saturated carbocycles. The monoisotopic (exact) mass is 417 g/mol. The highest BCUT2D eigenvalue weighted by Crippen LogP contribution is 2.25. The lowest BCUT2D eigenvalue weighted by Gasteiger charge is -2.38. The molecule has 3 aliphatic heterocycles. The number of anilines is 1. The van der Waals surface area contributed by atoms with E-state index in [-0.39, 0.29) is 12.4 Å². The van der Waals surface area contributed by atoms with Gasteiger partial charge in [0.2, 0.25) is 5.91 Å². The van der Waals surface area contributed by atoms with Crippen molar-refractivity contribution in [3.8, 4) is 0 Å². The number of carbonyl (C=O) groups is 3. The number of aliphatic imine (C=N–C) groups is 1. The van der Waals surface area contributed by atoms with Crippen molar-refractivity contribution in [2.75, 3.05) is 51.2 Å². The number of hydrogen-bond donors (Lipinski definition) is 2. The van der Waals surface area contributed by atoms with E-state index < -0.39 is 30.1 Å². The zero-order valence-electron chi connectivity index (χ0n) is 16.6. The minimum Gasteiger partial charge on any atom is -0.368 e. The number of halogens is 1. The van der Waals surface area contributed by atoms with Crippen LogP contribution in [-0.4, -0.2) is 96.9 Å². The molecule has 0 bridgehead atoms. The normalized spacial score (nSPS) is 24.6. The maximum absolute atomic E-state index is 14.1. The average Bonchev–Trinajstić information content (AvgIpc) is 3.05. The van der Waals surface area contributed by atoms with Gasteiger partial charge in [-0.1, -0.05) is 12.1 Å². The molecule has 3 heterocycles. The summed E-state index contributed by atoms with van der Waals surface area (Å²) in [6.07, 6.45) is -0.694. The summed E-state index contributed by atoms with van der Waals surface area (Å²) in [6.45, 7) is 2.83. The van der Waals surface area contributed by atoms with Crippen molar-refractivity contribution in [3.63, 3.8) is 0 Å². The molecular formula is C19H24FN7O3. The Balaban J connectivity index is 1.46. The highest BCUT2D eigenvalue weighted by atomic mass is 19.1. The van der Waals surface area contributed by atoms with Gasteiger partial charge in [-0.25, -0.2) is 14.2 Å². The number of nitrogens with one attached hydrogen (secondary N) is 1. The van der Waals surface area contributed by atoms with E-state index in [2.05, 4.69) is 15.2 Å². The van der Waals surface area contributed by atoms with Crippen molar-refractivity contribution < 1.29 is 18.8 Å². The molecule has 2 atom stereocenters. The standard InChI is InChI=1S/C19H24FN7O3/c1-24-17-16(18(29)23-19(24)30)27(10-14(21)28)15(22-17)11-25-6-8-26(9-7-25)13-5-3-2-4-12(13)20/h2-5,16-17H,6-11H2,1H3,(H2,21,28)(H,23,29,30). The number of carbonyl (C=O) groups excluding carboxylic acids is 3. The molecule has 30 heavy (non-hydrogen) atoms. The van der Waals surface area contributed by atoms with Crippen molar-refractivity contribution in [3.05, 3.63) is 30.1 Å². The Morgan fingerprint density at radius 3 is 2.60 bits per heavy atom. The second-order valence-electron chi connectivity index (χ2n) is 7.62. The minimum atomic E-state index is -0.782. The number of primary amides is 1. The molecule has 1 aromatic carbocycles. The second-order valence-corrected chi connectivity index (χ2v) is 7.62. The molecule has 4 amide bonds. The number of nitrogens with two attached hydrogens (primary N) is 1. The number of likely N-dealkylation sites (N-methyl/N-ethyl adjacent to an activating group) is 1. The Morgan fingerprint density at radius 1 is 1.23 bits per heavy atom. The van der Waals surface area contributed by atoms with Crippen LogP contribution in [0.2, 0.25) is 0 Å². The van der Waals surface area contributed by atoms with Crippen molar-refractivity contribution in [2.24, 2.45) is 10.7 Å². The number of imide groups is 1. The van der Waals surface area contributed by atoms with Crippen LogP contribution in [0.3, 0.4) is 0 Å². The van der Waals surface area contributed by atoms with E-state index in [4.69, 9.17) is 5.73 Å². The number of para-hydroxylation sites is 1. The summed E-state index contributed by atoms with van der Waals surface area (Å²) in [5.41, 5.74) is 5.97. The Hall–Kier alpha value is -3.21. The SMILES string of the molecule is CN1C(=O)NC(=O)C2C1N=C(CN1CCN(c3ccccc3F)CC1)N2CC(N)=O. The van der Waals surface area contributed by atoms with Gasteiger partial charge in [-0.3, -0.25) is 19.8 Å². The van der Waals surface area contributed by atoms with E-state index in [1.54, 1.807) is 24.1 Å². The Morgan fingerprint density at radius 2 is 1.93 bits per heavy atom. The predicted octanol–water partition coefficient (Wildman–Crippen LogP) is -0.977. The van der Waals surface area contributed by atoms with Gasteiger partial charge in [-0.2, -0.15) is 0 Å². The zero-order chi connectivity index (χ0) is 21.4. The largest absolute Gasteiger partial charge is 0.368 e. The number of benzene rings is 1. The summed E-state index contributed by atoms with van der Waals surface area (Å²) in [7, 11) is 1.56. The van der Waals surface area contributed by atoms with Gasteiger partial charge in [0.15, 0.2) is 12.2 Å².